The van der Waals surface area contributed by atoms with Crippen LogP contribution in [-0.2, 0) is 6.54 Å². The van der Waals surface area contributed by atoms with Crippen LogP contribution in [0.1, 0.15) is 10.4 Å². The molecule has 0 radical (unpaired) electrons. The Labute approximate surface area is 139 Å². The Morgan fingerprint density at radius 3 is 2.64 bits per heavy atom. The fraction of sp³-hybridized carbons (Fsp3) is 0.111. The number of carbonyl (C=O) groups is 1. The van der Waals surface area contributed by atoms with Gasteiger partial charge in [0.25, 0.3) is 0 Å². The molecule has 3 aromatic rings. The van der Waals surface area contributed by atoms with Crippen molar-refractivity contribution in [1.29, 1.82) is 0 Å². The number of hydrogen-bond donors (Lipinski definition) is 0. The maximum absolute atomic E-state index is 12.4. The number of rotatable bonds is 4. The fourth-order valence-electron chi connectivity index (χ4n) is 2.40. The highest BCUT2D eigenvalue weighted by Crippen LogP contribution is 2.13. The molecule has 0 unspecified atom stereocenters. The molecule has 0 fully saturated rings. The smallest absolute Gasteiger partial charge is 0.227 e. The standard InChI is InChI=1S/C18H16NO2.BrH/c1-21-16-9-4-7-15(12-16)18(20)13-19-11-5-8-14-6-2-3-10-17(14)19;/h2-12H,13H2,1H3;1H/q+1;. The van der Waals surface area contributed by atoms with Gasteiger partial charge in [0.05, 0.1) is 7.11 Å². The summed E-state index contributed by atoms with van der Waals surface area (Å²) in [6.07, 6.45) is 1.93. The monoisotopic (exact) mass is 358 g/mol. The van der Waals surface area contributed by atoms with Crippen molar-refractivity contribution in [3.05, 3.63) is 72.4 Å². The van der Waals surface area contributed by atoms with Crippen molar-refractivity contribution in [2.45, 2.75) is 6.54 Å². The van der Waals surface area contributed by atoms with E-state index in [0.29, 0.717) is 17.9 Å². The Balaban J connectivity index is 0.00000176. The number of nitrogens with zero attached hydrogens (tertiary/aromatic N) is 1. The number of pyridine rings is 1. The molecule has 22 heavy (non-hydrogen) atoms. The molecule has 0 atom stereocenters. The molecule has 0 amide bonds. The molecule has 3 nitrogen and oxygen atoms in total. The maximum atomic E-state index is 12.4. The number of fused-ring (bicyclic) bond motifs is 1. The molecule has 0 saturated heterocycles. The molecule has 2 aromatic carbocycles. The van der Waals surface area contributed by atoms with Gasteiger partial charge in [-0.25, -0.2) is 0 Å². The van der Waals surface area contributed by atoms with E-state index in [-0.39, 0.29) is 22.8 Å². The van der Waals surface area contributed by atoms with Gasteiger partial charge >= 0.3 is 0 Å². The average molecular weight is 359 g/mol. The Morgan fingerprint density at radius 2 is 1.82 bits per heavy atom. The molecule has 0 N–H and O–H groups in total. The first-order valence-electron chi connectivity index (χ1n) is 6.82. The van der Waals surface area contributed by atoms with Crippen LogP contribution in [0.5, 0.6) is 5.75 Å². The molecule has 0 aliphatic heterocycles. The van der Waals surface area contributed by atoms with Crippen molar-refractivity contribution in [2.75, 3.05) is 7.11 Å². The van der Waals surface area contributed by atoms with Gasteiger partial charge in [-0.3, -0.25) is 4.79 Å². The van der Waals surface area contributed by atoms with E-state index in [0.717, 1.165) is 10.9 Å². The zero-order valence-electron chi connectivity index (χ0n) is 12.2. The zero-order chi connectivity index (χ0) is 14.7. The summed E-state index contributed by atoms with van der Waals surface area (Å²) in [5.74, 6) is 0.763. The van der Waals surface area contributed by atoms with Crippen molar-refractivity contribution in [3.8, 4) is 5.75 Å². The number of carbonyl (C=O) groups excluding carboxylic acids is 1. The number of Topliss-reactive ketones (excluding diaryl/α,β-unsaturated/α-hetero) is 1. The van der Waals surface area contributed by atoms with Gasteiger partial charge in [-0.05, 0) is 24.3 Å². The van der Waals surface area contributed by atoms with E-state index < -0.39 is 0 Å². The second-order valence-electron chi connectivity index (χ2n) is 4.85. The second kappa shape index (κ2) is 7.18. The second-order valence-corrected chi connectivity index (χ2v) is 4.85. The molecule has 0 bridgehead atoms. The van der Waals surface area contributed by atoms with Gasteiger partial charge in [0, 0.05) is 23.1 Å². The molecule has 3 rings (SSSR count). The van der Waals surface area contributed by atoms with Crippen LogP contribution >= 0.6 is 17.0 Å². The van der Waals surface area contributed by atoms with E-state index in [1.807, 2.05) is 65.4 Å². The van der Waals surface area contributed by atoms with Crippen LogP contribution in [0, 0.1) is 0 Å². The summed E-state index contributed by atoms with van der Waals surface area (Å²) in [6, 6.07) is 19.3. The molecular weight excluding hydrogens is 342 g/mol. The quantitative estimate of drug-likeness (QED) is 0.526. The maximum Gasteiger partial charge on any atom is 0.227 e. The van der Waals surface area contributed by atoms with Gasteiger partial charge in [-0.2, -0.15) is 4.57 Å². The lowest BCUT2D eigenvalue weighted by atomic mass is 10.1. The Hall–Kier alpha value is -2.20. The van der Waals surface area contributed by atoms with Gasteiger partial charge < -0.3 is 4.74 Å². The summed E-state index contributed by atoms with van der Waals surface area (Å²) in [7, 11) is 1.60. The normalized spacial score (nSPS) is 10.0. The van der Waals surface area contributed by atoms with Crippen molar-refractivity contribution in [3.63, 3.8) is 0 Å². The summed E-state index contributed by atoms with van der Waals surface area (Å²) in [6.45, 7) is 0.314. The summed E-state index contributed by atoms with van der Waals surface area (Å²) in [4.78, 5) is 12.4. The van der Waals surface area contributed by atoms with Gasteiger partial charge in [0.2, 0.25) is 17.8 Å². The fourth-order valence-corrected chi connectivity index (χ4v) is 2.40. The highest BCUT2D eigenvalue weighted by atomic mass is 79.9. The predicted octanol–water partition coefficient (Wildman–Crippen LogP) is 3.60. The molecule has 0 aliphatic carbocycles. The van der Waals surface area contributed by atoms with Crippen LogP contribution in [-0.4, -0.2) is 12.9 Å². The molecule has 0 aliphatic rings. The Morgan fingerprint density at radius 1 is 1.05 bits per heavy atom. The van der Waals surface area contributed by atoms with Crippen LogP contribution in [0.4, 0.5) is 0 Å². The number of para-hydroxylation sites is 1. The lowest BCUT2D eigenvalue weighted by Crippen LogP contribution is -2.38. The van der Waals surface area contributed by atoms with Crippen LogP contribution in [0.25, 0.3) is 10.9 Å². The van der Waals surface area contributed by atoms with Gasteiger partial charge in [0.1, 0.15) is 5.75 Å². The third-order valence-electron chi connectivity index (χ3n) is 3.49. The molecule has 0 spiro atoms. The van der Waals surface area contributed by atoms with Crippen LogP contribution < -0.4 is 9.30 Å². The van der Waals surface area contributed by atoms with Gasteiger partial charge in [-0.15, -0.1) is 17.0 Å². The van der Waals surface area contributed by atoms with Crippen LogP contribution in [0.3, 0.4) is 0 Å². The van der Waals surface area contributed by atoms with Crippen LogP contribution in [0.2, 0.25) is 0 Å². The third-order valence-corrected chi connectivity index (χ3v) is 3.49. The summed E-state index contributed by atoms with van der Waals surface area (Å²) < 4.78 is 7.14. The first-order chi connectivity index (χ1) is 10.3. The largest absolute Gasteiger partial charge is 0.497 e. The molecular formula is C18H17BrNO2+. The summed E-state index contributed by atoms with van der Waals surface area (Å²) in [5, 5.41) is 1.12. The van der Waals surface area contributed by atoms with Crippen molar-refractivity contribution in [1.82, 2.24) is 0 Å². The first-order valence-corrected chi connectivity index (χ1v) is 6.82. The minimum Gasteiger partial charge on any atom is -0.497 e. The molecule has 0 saturated carbocycles. The Kier molecular flexibility index (Phi) is 5.28. The zero-order valence-corrected chi connectivity index (χ0v) is 13.9. The van der Waals surface area contributed by atoms with E-state index in [1.54, 1.807) is 13.2 Å². The first kappa shape index (κ1) is 16.2. The number of aromatic nitrogens is 1. The number of benzene rings is 2. The SMILES string of the molecule is Br.COc1cccc(C(=O)C[n+]2cccc3ccccc32)c1. The lowest BCUT2D eigenvalue weighted by Gasteiger charge is -2.03. The highest BCUT2D eigenvalue weighted by molar-refractivity contribution is 8.93. The summed E-state index contributed by atoms with van der Waals surface area (Å²) >= 11 is 0. The van der Waals surface area contributed by atoms with E-state index >= 15 is 0 Å². The minimum atomic E-state index is 0. The van der Waals surface area contributed by atoms with E-state index in [2.05, 4.69) is 0 Å². The van der Waals surface area contributed by atoms with Crippen molar-refractivity contribution >= 4 is 33.7 Å². The van der Waals surface area contributed by atoms with Gasteiger partial charge in [0.15, 0.2) is 6.20 Å². The third kappa shape index (κ3) is 3.34. The summed E-state index contributed by atoms with van der Waals surface area (Å²) in [5.41, 5.74) is 1.71. The number of methoxy groups -OCH3 is 1. The number of hydrogen-bond acceptors (Lipinski definition) is 2. The lowest BCUT2D eigenvalue weighted by molar-refractivity contribution is -0.657. The number of halogens is 1. The molecule has 4 heteroatoms. The van der Waals surface area contributed by atoms with Crippen molar-refractivity contribution < 1.29 is 14.1 Å². The van der Waals surface area contributed by atoms with E-state index in [1.165, 1.54) is 0 Å². The van der Waals surface area contributed by atoms with Gasteiger partial charge in [-0.1, -0.05) is 24.3 Å². The number of ketones is 1. The topological polar surface area (TPSA) is 30.2 Å². The minimum absolute atomic E-state index is 0. The Bertz CT molecular complexity index is 796. The number of ether oxygens (including phenoxy) is 1. The predicted molar refractivity (Wildman–Crippen MR) is 91.8 cm³/mol. The molecule has 1 heterocycles. The molecule has 1 aromatic heterocycles. The van der Waals surface area contributed by atoms with E-state index in [9.17, 15) is 4.79 Å². The molecule has 112 valence electrons. The van der Waals surface area contributed by atoms with Crippen molar-refractivity contribution in [2.24, 2.45) is 0 Å². The highest BCUT2D eigenvalue weighted by Gasteiger charge is 2.15. The average Bonchev–Trinajstić information content (AvgIpc) is 2.55. The van der Waals surface area contributed by atoms with Crippen LogP contribution in [0.15, 0.2) is 66.9 Å². The van der Waals surface area contributed by atoms with E-state index in [4.69, 9.17) is 4.74 Å².